The second kappa shape index (κ2) is 9.55. The summed E-state index contributed by atoms with van der Waals surface area (Å²) in [6.45, 7) is 7.83. The molecule has 5 nitrogen and oxygen atoms in total. The highest BCUT2D eigenvalue weighted by Gasteiger charge is 2.14. The number of aryl methyl sites for hydroxylation is 1. The van der Waals surface area contributed by atoms with Crippen molar-refractivity contribution >= 4 is 11.8 Å². The maximum Gasteiger partial charge on any atom is 0.191 e. The van der Waals surface area contributed by atoms with Crippen LogP contribution in [-0.2, 0) is 25.3 Å². The van der Waals surface area contributed by atoms with Crippen LogP contribution in [0.25, 0.3) is 0 Å². The van der Waals surface area contributed by atoms with Crippen molar-refractivity contribution in [2.75, 3.05) is 0 Å². The fourth-order valence-electron chi connectivity index (χ4n) is 2.68. The standard InChI is InChI=1S/C21H26N4OS/c1-4-17-7-9-19(10-8-17)26-14-20-23-24-21(25(20)13-16(2)3)27-15-18-6-5-11-22-12-18/h5-12,16H,4,13-15H2,1-3H3. The van der Waals surface area contributed by atoms with E-state index in [9.17, 15) is 0 Å². The van der Waals surface area contributed by atoms with Crippen LogP contribution in [-0.4, -0.2) is 19.7 Å². The summed E-state index contributed by atoms with van der Waals surface area (Å²) in [4.78, 5) is 4.17. The number of hydrogen-bond donors (Lipinski definition) is 0. The van der Waals surface area contributed by atoms with E-state index in [1.807, 2.05) is 24.4 Å². The molecular weight excluding hydrogens is 356 g/mol. The van der Waals surface area contributed by atoms with Crippen molar-refractivity contribution in [2.45, 2.75) is 51.3 Å². The maximum absolute atomic E-state index is 5.95. The molecule has 0 N–H and O–H groups in total. The molecule has 0 radical (unpaired) electrons. The molecule has 142 valence electrons. The number of rotatable bonds is 9. The molecule has 0 unspecified atom stereocenters. The van der Waals surface area contributed by atoms with Crippen molar-refractivity contribution in [3.63, 3.8) is 0 Å². The lowest BCUT2D eigenvalue weighted by molar-refractivity contribution is 0.284. The molecule has 0 aliphatic heterocycles. The third-order valence-electron chi connectivity index (χ3n) is 4.13. The topological polar surface area (TPSA) is 52.8 Å². The molecule has 0 saturated carbocycles. The summed E-state index contributed by atoms with van der Waals surface area (Å²) in [7, 11) is 0. The van der Waals surface area contributed by atoms with Crippen LogP contribution < -0.4 is 4.74 Å². The van der Waals surface area contributed by atoms with Gasteiger partial charge in [0.15, 0.2) is 11.0 Å². The van der Waals surface area contributed by atoms with Gasteiger partial charge in [-0.2, -0.15) is 0 Å². The zero-order valence-corrected chi connectivity index (χ0v) is 16.9. The SMILES string of the molecule is CCc1ccc(OCc2nnc(SCc3cccnc3)n2CC(C)C)cc1. The van der Waals surface area contributed by atoms with Crippen LogP contribution >= 0.6 is 11.8 Å². The summed E-state index contributed by atoms with van der Waals surface area (Å²) in [6.07, 6.45) is 4.71. The molecule has 2 aromatic heterocycles. The fourth-order valence-corrected chi connectivity index (χ4v) is 3.58. The Morgan fingerprint density at radius 1 is 1.07 bits per heavy atom. The molecule has 6 heteroatoms. The summed E-state index contributed by atoms with van der Waals surface area (Å²) in [5.74, 6) is 3.04. The van der Waals surface area contributed by atoms with Gasteiger partial charge < -0.3 is 9.30 Å². The van der Waals surface area contributed by atoms with Crippen LogP contribution in [0.3, 0.4) is 0 Å². The number of ether oxygens (including phenoxy) is 1. The molecule has 27 heavy (non-hydrogen) atoms. The number of thioether (sulfide) groups is 1. The lowest BCUT2D eigenvalue weighted by Gasteiger charge is -2.13. The molecule has 0 spiro atoms. The summed E-state index contributed by atoms with van der Waals surface area (Å²) >= 11 is 1.68. The lowest BCUT2D eigenvalue weighted by atomic mass is 10.2. The largest absolute Gasteiger partial charge is 0.486 e. The smallest absolute Gasteiger partial charge is 0.191 e. The van der Waals surface area contributed by atoms with E-state index in [0.29, 0.717) is 12.5 Å². The predicted octanol–water partition coefficient (Wildman–Crippen LogP) is 4.76. The van der Waals surface area contributed by atoms with Gasteiger partial charge in [-0.3, -0.25) is 4.98 Å². The molecule has 0 saturated heterocycles. The van der Waals surface area contributed by atoms with Gasteiger partial charge in [0.2, 0.25) is 0 Å². The van der Waals surface area contributed by atoms with E-state index in [2.05, 4.69) is 58.7 Å². The zero-order valence-electron chi connectivity index (χ0n) is 16.1. The first-order chi connectivity index (χ1) is 13.2. The van der Waals surface area contributed by atoms with E-state index in [1.165, 1.54) is 11.1 Å². The van der Waals surface area contributed by atoms with Crippen molar-refractivity contribution in [2.24, 2.45) is 5.92 Å². The first-order valence-corrected chi connectivity index (χ1v) is 10.3. The first-order valence-electron chi connectivity index (χ1n) is 9.31. The average molecular weight is 383 g/mol. The minimum Gasteiger partial charge on any atom is -0.486 e. The van der Waals surface area contributed by atoms with Crippen LogP contribution in [0.4, 0.5) is 0 Å². The van der Waals surface area contributed by atoms with Crippen molar-refractivity contribution in [1.82, 2.24) is 19.7 Å². The zero-order chi connectivity index (χ0) is 19.1. The predicted molar refractivity (Wildman–Crippen MR) is 109 cm³/mol. The Morgan fingerprint density at radius 2 is 1.89 bits per heavy atom. The monoisotopic (exact) mass is 382 g/mol. The van der Waals surface area contributed by atoms with Gasteiger partial charge in [0.25, 0.3) is 0 Å². The third-order valence-corrected chi connectivity index (χ3v) is 5.17. The molecule has 2 heterocycles. The number of nitrogens with zero attached hydrogens (tertiary/aromatic N) is 4. The molecule has 3 aromatic rings. The quantitative estimate of drug-likeness (QED) is 0.499. The Balaban J connectivity index is 1.69. The normalized spacial score (nSPS) is 11.1. The Kier molecular flexibility index (Phi) is 6.87. The number of aromatic nitrogens is 4. The molecule has 0 fully saturated rings. The van der Waals surface area contributed by atoms with E-state index in [1.54, 1.807) is 18.0 Å². The Morgan fingerprint density at radius 3 is 2.56 bits per heavy atom. The second-order valence-electron chi connectivity index (χ2n) is 6.84. The van der Waals surface area contributed by atoms with Crippen molar-refractivity contribution in [1.29, 1.82) is 0 Å². The van der Waals surface area contributed by atoms with Gasteiger partial charge in [-0.05, 0) is 41.7 Å². The van der Waals surface area contributed by atoms with Crippen LogP contribution in [0.2, 0.25) is 0 Å². The highest BCUT2D eigenvalue weighted by Crippen LogP contribution is 2.23. The van der Waals surface area contributed by atoms with E-state index in [-0.39, 0.29) is 0 Å². The Labute approximate surface area is 165 Å². The molecule has 0 aliphatic rings. The summed E-state index contributed by atoms with van der Waals surface area (Å²) in [5, 5.41) is 9.70. The highest BCUT2D eigenvalue weighted by molar-refractivity contribution is 7.98. The van der Waals surface area contributed by atoms with Gasteiger partial charge in [0.1, 0.15) is 12.4 Å². The van der Waals surface area contributed by atoms with Crippen molar-refractivity contribution in [3.8, 4) is 5.75 Å². The molecule has 0 bridgehead atoms. The molecular formula is C21H26N4OS. The van der Waals surface area contributed by atoms with Crippen molar-refractivity contribution < 1.29 is 4.74 Å². The minimum absolute atomic E-state index is 0.415. The van der Waals surface area contributed by atoms with Crippen molar-refractivity contribution in [3.05, 3.63) is 65.7 Å². The summed E-state index contributed by atoms with van der Waals surface area (Å²) < 4.78 is 8.12. The average Bonchev–Trinajstić information content (AvgIpc) is 3.07. The molecule has 3 rings (SSSR count). The summed E-state index contributed by atoms with van der Waals surface area (Å²) in [5.41, 5.74) is 2.48. The minimum atomic E-state index is 0.415. The van der Waals surface area contributed by atoms with E-state index < -0.39 is 0 Å². The van der Waals surface area contributed by atoms with Gasteiger partial charge in [0, 0.05) is 24.7 Å². The Hall–Kier alpha value is -2.34. The lowest BCUT2D eigenvalue weighted by Crippen LogP contribution is -2.12. The number of hydrogen-bond acceptors (Lipinski definition) is 5. The van der Waals surface area contributed by atoms with Gasteiger partial charge in [0.05, 0.1) is 0 Å². The van der Waals surface area contributed by atoms with Crippen LogP contribution in [0.15, 0.2) is 53.9 Å². The van der Waals surface area contributed by atoms with Gasteiger partial charge in [-0.1, -0.05) is 50.7 Å². The molecule has 0 amide bonds. The van der Waals surface area contributed by atoms with E-state index in [0.717, 1.165) is 35.4 Å². The third kappa shape index (κ3) is 5.57. The van der Waals surface area contributed by atoms with Crippen LogP contribution in [0, 0.1) is 5.92 Å². The molecule has 0 atom stereocenters. The van der Waals surface area contributed by atoms with Crippen LogP contribution in [0.1, 0.15) is 37.7 Å². The highest BCUT2D eigenvalue weighted by atomic mass is 32.2. The number of benzene rings is 1. The van der Waals surface area contributed by atoms with E-state index >= 15 is 0 Å². The summed E-state index contributed by atoms with van der Waals surface area (Å²) in [6, 6.07) is 12.3. The second-order valence-corrected chi connectivity index (χ2v) is 7.78. The fraction of sp³-hybridized carbons (Fsp3) is 0.381. The molecule has 0 aliphatic carbocycles. The van der Waals surface area contributed by atoms with Gasteiger partial charge in [-0.25, -0.2) is 0 Å². The maximum atomic E-state index is 5.95. The number of pyridine rings is 1. The van der Waals surface area contributed by atoms with Crippen LogP contribution in [0.5, 0.6) is 5.75 Å². The van der Waals surface area contributed by atoms with Gasteiger partial charge >= 0.3 is 0 Å². The Bertz CT molecular complexity index is 831. The van der Waals surface area contributed by atoms with Gasteiger partial charge in [-0.15, -0.1) is 10.2 Å². The first kappa shape index (κ1) is 19.4. The van der Waals surface area contributed by atoms with E-state index in [4.69, 9.17) is 4.74 Å². The molecule has 1 aromatic carbocycles.